The number of hydrogen-bond donors (Lipinski definition) is 2. The first-order valence-corrected chi connectivity index (χ1v) is 7.97. The van der Waals surface area contributed by atoms with Gasteiger partial charge in [0.15, 0.2) is 0 Å². The van der Waals surface area contributed by atoms with Gasteiger partial charge in [-0.05, 0) is 24.3 Å². The van der Waals surface area contributed by atoms with Crippen LogP contribution in [-0.4, -0.2) is 36.8 Å². The molecule has 0 aliphatic rings. The first-order valence-electron chi connectivity index (χ1n) is 7.09. The van der Waals surface area contributed by atoms with Crippen LogP contribution in [0.1, 0.15) is 26.2 Å². The molecule has 0 fully saturated rings. The molecule has 0 aliphatic carbocycles. The highest BCUT2D eigenvalue weighted by Crippen LogP contribution is 2.26. The number of nitrogens with one attached hydrogen (secondary N) is 2. The highest BCUT2D eigenvalue weighted by atomic mass is 32.1. The van der Waals surface area contributed by atoms with Crippen molar-refractivity contribution < 1.29 is 4.74 Å². The number of rotatable bonds is 9. The minimum absolute atomic E-state index is 0.654. The van der Waals surface area contributed by atoms with Crippen molar-refractivity contribution in [3.05, 3.63) is 11.4 Å². The van der Waals surface area contributed by atoms with E-state index in [1.165, 1.54) is 6.42 Å². The van der Waals surface area contributed by atoms with Crippen LogP contribution in [0.4, 0.5) is 11.8 Å². The third-order valence-electron chi connectivity index (χ3n) is 2.95. The van der Waals surface area contributed by atoms with Crippen LogP contribution >= 0.6 is 11.3 Å². The maximum atomic E-state index is 5.55. The lowest BCUT2D eigenvalue weighted by molar-refractivity contribution is 0.131. The first-order chi connectivity index (χ1) is 9.85. The minimum atomic E-state index is 0.654. The van der Waals surface area contributed by atoms with E-state index in [1.54, 1.807) is 11.3 Å². The Morgan fingerprint density at radius 1 is 1.25 bits per heavy atom. The van der Waals surface area contributed by atoms with Crippen LogP contribution in [0, 0.1) is 0 Å². The predicted molar refractivity (Wildman–Crippen MR) is 85.8 cm³/mol. The molecule has 6 heteroatoms. The van der Waals surface area contributed by atoms with Crippen molar-refractivity contribution in [1.29, 1.82) is 0 Å². The second-order valence-corrected chi connectivity index (χ2v) is 5.43. The molecule has 20 heavy (non-hydrogen) atoms. The van der Waals surface area contributed by atoms with E-state index in [2.05, 4.69) is 33.6 Å². The van der Waals surface area contributed by atoms with Gasteiger partial charge in [-0.25, -0.2) is 4.98 Å². The zero-order chi connectivity index (χ0) is 14.2. The third-order valence-corrected chi connectivity index (χ3v) is 3.76. The summed E-state index contributed by atoms with van der Waals surface area (Å²) in [5.41, 5.74) is 0. The van der Waals surface area contributed by atoms with Gasteiger partial charge in [0.25, 0.3) is 0 Å². The van der Waals surface area contributed by atoms with E-state index in [4.69, 9.17) is 4.74 Å². The lowest BCUT2D eigenvalue weighted by Crippen LogP contribution is -2.09. The third kappa shape index (κ3) is 4.05. The van der Waals surface area contributed by atoms with E-state index in [0.29, 0.717) is 5.95 Å². The number of ether oxygens (including phenoxy) is 1. The minimum Gasteiger partial charge on any atom is -0.381 e. The summed E-state index contributed by atoms with van der Waals surface area (Å²) in [6, 6.07) is 2.06. The summed E-state index contributed by atoms with van der Waals surface area (Å²) in [5, 5.41) is 9.49. The second-order valence-electron chi connectivity index (χ2n) is 4.53. The van der Waals surface area contributed by atoms with Crippen molar-refractivity contribution in [2.45, 2.75) is 26.2 Å². The Balaban J connectivity index is 1.84. The van der Waals surface area contributed by atoms with E-state index in [-0.39, 0.29) is 0 Å². The fraction of sp³-hybridized carbons (Fsp3) is 0.571. The molecule has 0 amide bonds. The van der Waals surface area contributed by atoms with Gasteiger partial charge >= 0.3 is 0 Å². The normalized spacial score (nSPS) is 10.9. The van der Waals surface area contributed by atoms with Crippen molar-refractivity contribution in [1.82, 2.24) is 9.97 Å². The quantitative estimate of drug-likeness (QED) is 0.695. The number of aromatic nitrogens is 2. The number of fused-ring (bicyclic) bond motifs is 1. The maximum absolute atomic E-state index is 5.55. The van der Waals surface area contributed by atoms with Gasteiger partial charge in [-0.3, -0.25) is 0 Å². The zero-order valence-electron chi connectivity index (χ0n) is 12.1. The summed E-state index contributed by atoms with van der Waals surface area (Å²) >= 11 is 1.63. The lowest BCUT2D eigenvalue weighted by Gasteiger charge is -2.09. The van der Waals surface area contributed by atoms with Gasteiger partial charge in [0, 0.05) is 26.8 Å². The van der Waals surface area contributed by atoms with E-state index < -0.39 is 0 Å². The van der Waals surface area contributed by atoms with E-state index in [1.807, 2.05) is 12.4 Å². The van der Waals surface area contributed by atoms with Crippen molar-refractivity contribution >= 4 is 33.3 Å². The Labute approximate surface area is 123 Å². The van der Waals surface area contributed by atoms with Crippen molar-refractivity contribution in [3.8, 4) is 0 Å². The molecule has 0 aliphatic heterocycles. The molecule has 0 atom stereocenters. The summed E-state index contributed by atoms with van der Waals surface area (Å²) in [6.45, 7) is 4.69. The van der Waals surface area contributed by atoms with Crippen LogP contribution in [0.5, 0.6) is 0 Å². The van der Waals surface area contributed by atoms with Gasteiger partial charge in [-0.2, -0.15) is 4.98 Å². The van der Waals surface area contributed by atoms with Gasteiger partial charge in [0.05, 0.1) is 5.39 Å². The van der Waals surface area contributed by atoms with Crippen LogP contribution in [-0.2, 0) is 4.74 Å². The van der Waals surface area contributed by atoms with Crippen LogP contribution in [0.15, 0.2) is 11.4 Å². The Kier molecular flexibility index (Phi) is 6.01. The highest BCUT2D eigenvalue weighted by molar-refractivity contribution is 7.16. The monoisotopic (exact) mass is 294 g/mol. The molecule has 0 saturated carbocycles. The number of unbranched alkanes of at least 4 members (excludes halogenated alkanes) is 1. The maximum Gasteiger partial charge on any atom is 0.225 e. The Bertz CT molecular complexity index is 529. The molecular weight excluding hydrogens is 272 g/mol. The molecule has 2 rings (SSSR count). The fourth-order valence-electron chi connectivity index (χ4n) is 1.83. The molecule has 0 radical (unpaired) electrons. The molecule has 110 valence electrons. The largest absolute Gasteiger partial charge is 0.381 e. The van der Waals surface area contributed by atoms with Crippen LogP contribution in [0.3, 0.4) is 0 Å². The zero-order valence-corrected chi connectivity index (χ0v) is 12.9. The lowest BCUT2D eigenvalue weighted by atomic mass is 10.3. The molecule has 2 aromatic heterocycles. The average molecular weight is 294 g/mol. The van der Waals surface area contributed by atoms with E-state index in [9.17, 15) is 0 Å². The topological polar surface area (TPSA) is 59.1 Å². The molecule has 2 aromatic rings. The van der Waals surface area contributed by atoms with Crippen molar-refractivity contribution in [2.24, 2.45) is 0 Å². The molecule has 0 bridgehead atoms. The Morgan fingerprint density at radius 2 is 2.10 bits per heavy atom. The van der Waals surface area contributed by atoms with Crippen LogP contribution < -0.4 is 10.6 Å². The van der Waals surface area contributed by atoms with E-state index in [0.717, 1.165) is 48.6 Å². The van der Waals surface area contributed by atoms with E-state index >= 15 is 0 Å². The first kappa shape index (κ1) is 15.0. The van der Waals surface area contributed by atoms with Crippen molar-refractivity contribution in [2.75, 3.05) is 37.4 Å². The SMILES string of the molecule is CCCCOCCCNc1nc(NC)nc2sccc12. The molecule has 2 N–H and O–H groups in total. The number of thiophene rings is 1. The molecule has 0 saturated heterocycles. The molecule has 2 heterocycles. The predicted octanol–water partition coefficient (Wildman–Crippen LogP) is 3.35. The van der Waals surface area contributed by atoms with Gasteiger partial charge in [-0.15, -0.1) is 11.3 Å². The van der Waals surface area contributed by atoms with Gasteiger partial charge in [-0.1, -0.05) is 13.3 Å². The van der Waals surface area contributed by atoms with Crippen molar-refractivity contribution in [3.63, 3.8) is 0 Å². The molecule has 0 unspecified atom stereocenters. The summed E-state index contributed by atoms with van der Waals surface area (Å²) in [5.74, 6) is 1.55. The Hall–Kier alpha value is -1.40. The highest BCUT2D eigenvalue weighted by Gasteiger charge is 2.07. The molecular formula is C14H22N4OS. The molecule has 0 aromatic carbocycles. The molecule has 0 spiro atoms. The summed E-state index contributed by atoms with van der Waals surface area (Å²) in [4.78, 5) is 9.90. The molecule has 5 nitrogen and oxygen atoms in total. The summed E-state index contributed by atoms with van der Waals surface area (Å²) in [6.07, 6.45) is 3.30. The standard InChI is InChI=1S/C14H22N4OS/c1-3-4-8-19-9-5-7-16-12-11-6-10-20-13(11)18-14(15-2)17-12/h6,10H,3-5,7-9H2,1-2H3,(H2,15,16,17,18). The average Bonchev–Trinajstić information content (AvgIpc) is 2.94. The number of nitrogens with zero attached hydrogens (tertiary/aromatic N) is 2. The van der Waals surface area contributed by atoms with Crippen LogP contribution in [0.2, 0.25) is 0 Å². The summed E-state index contributed by atoms with van der Waals surface area (Å²) in [7, 11) is 1.83. The Morgan fingerprint density at radius 3 is 2.90 bits per heavy atom. The van der Waals surface area contributed by atoms with Gasteiger partial charge in [0.2, 0.25) is 5.95 Å². The smallest absolute Gasteiger partial charge is 0.225 e. The van der Waals surface area contributed by atoms with Gasteiger partial charge in [0.1, 0.15) is 10.6 Å². The number of hydrogen-bond acceptors (Lipinski definition) is 6. The second kappa shape index (κ2) is 8.01. The fourth-order valence-corrected chi connectivity index (χ4v) is 2.60. The summed E-state index contributed by atoms with van der Waals surface area (Å²) < 4.78 is 5.55. The number of anilines is 2. The van der Waals surface area contributed by atoms with Gasteiger partial charge < -0.3 is 15.4 Å². The van der Waals surface area contributed by atoms with Crippen LogP contribution in [0.25, 0.3) is 10.2 Å².